The predicted octanol–water partition coefficient (Wildman–Crippen LogP) is 1.30. The Morgan fingerprint density at radius 1 is 1.32 bits per heavy atom. The van der Waals surface area contributed by atoms with Gasteiger partial charge in [-0.3, -0.25) is 9.78 Å². The van der Waals surface area contributed by atoms with Crippen molar-refractivity contribution in [1.29, 1.82) is 0 Å². The number of nitrogens with zero attached hydrogens (tertiary/aromatic N) is 2. The van der Waals surface area contributed by atoms with E-state index in [9.17, 15) is 13.2 Å². The molecule has 0 aromatic carbocycles. The van der Waals surface area contributed by atoms with Crippen molar-refractivity contribution in [3.05, 3.63) is 35.6 Å². The Kier molecular flexibility index (Phi) is 5.62. The Morgan fingerprint density at radius 3 is 2.73 bits per heavy atom. The zero-order valence-electron chi connectivity index (χ0n) is 12.2. The fourth-order valence-corrected chi connectivity index (χ4v) is 3.09. The van der Waals surface area contributed by atoms with Crippen LogP contribution in [-0.4, -0.2) is 42.8 Å². The highest BCUT2D eigenvalue weighted by molar-refractivity contribution is 7.90. The van der Waals surface area contributed by atoms with Gasteiger partial charge < -0.3 is 5.32 Å². The molecule has 2 rings (SSSR count). The van der Waals surface area contributed by atoms with Crippen LogP contribution in [0.15, 0.2) is 29.9 Å². The highest BCUT2D eigenvalue weighted by atomic mass is 32.2. The van der Waals surface area contributed by atoms with E-state index >= 15 is 0 Å². The van der Waals surface area contributed by atoms with E-state index in [2.05, 4.69) is 15.3 Å². The topological polar surface area (TPSA) is 89.0 Å². The van der Waals surface area contributed by atoms with Crippen LogP contribution in [-0.2, 0) is 21.1 Å². The molecule has 0 fully saturated rings. The minimum atomic E-state index is -3.04. The monoisotopic (exact) mass is 339 g/mol. The second-order valence-corrected chi connectivity index (χ2v) is 7.98. The first kappa shape index (κ1) is 16.6. The highest BCUT2D eigenvalue weighted by Crippen LogP contribution is 2.23. The van der Waals surface area contributed by atoms with E-state index in [0.717, 1.165) is 22.5 Å². The van der Waals surface area contributed by atoms with Gasteiger partial charge in [0.05, 0.1) is 11.4 Å². The van der Waals surface area contributed by atoms with Crippen molar-refractivity contribution < 1.29 is 13.2 Å². The molecule has 0 atom stereocenters. The number of rotatable bonds is 7. The van der Waals surface area contributed by atoms with Gasteiger partial charge in [-0.25, -0.2) is 13.4 Å². The Bertz CT molecular complexity index is 727. The van der Waals surface area contributed by atoms with Gasteiger partial charge in [0, 0.05) is 42.6 Å². The molecule has 0 aliphatic carbocycles. The van der Waals surface area contributed by atoms with E-state index in [4.69, 9.17) is 0 Å². The Balaban J connectivity index is 1.80. The number of pyridine rings is 1. The van der Waals surface area contributed by atoms with E-state index in [0.29, 0.717) is 12.8 Å². The lowest BCUT2D eigenvalue weighted by atomic mass is 10.2. The molecule has 22 heavy (non-hydrogen) atoms. The van der Waals surface area contributed by atoms with Gasteiger partial charge in [-0.1, -0.05) is 0 Å². The molecule has 2 heterocycles. The van der Waals surface area contributed by atoms with Gasteiger partial charge in [0.2, 0.25) is 5.91 Å². The quantitative estimate of drug-likeness (QED) is 0.821. The van der Waals surface area contributed by atoms with Crippen molar-refractivity contribution in [2.24, 2.45) is 0 Å². The number of carbonyl (C=O) groups is 1. The van der Waals surface area contributed by atoms with Crippen LogP contribution in [0.25, 0.3) is 10.6 Å². The standard InChI is InChI=1S/C14H17N3O3S2/c1-22(19,20)9-8-16-13(18)3-2-12-10-21-14(17-12)11-4-6-15-7-5-11/h4-7,10H,2-3,8-9H2,1H3,(H,16,18). The molecule has 6 nitrogen and oxygen atoms in total. The van der Waals surface area contributed by atoms with Crippen LogP contribution in [0.4, 0.5) is 0 Å². The van der Waals surface area contributed by atoms with E-state index in [1.807, 2.05) is 17.5 Å². The molecule has 0 unspecified atom stereocenters. The predicted molar refractivity (Wildman–Crippen MR) is 86.4 cm³/mol. The molecule has 8 heteroatoms. The minimum Gasteiger partial charge on any atom is -0.355 e. The smallest absolute Gasteiger partial charge is 0.220 e. The number of hydrogen-bond donors (Lipinski definition) is 1. The van der Waals surface area contributed by atoms with Gasteiger partial charge in [0.15, 0.2) is 0 Å². The first-order valence-electron chi connectivity index (χ1n) is 6.73. The summed E-state index contributed by atoms with van der Waals surface area (Å²) in [6, 6.07) is 3.78. The van der Waals surface area contributed by atoms with Crippen molar-refractivity contribution >= 4 is 27.1 Å². The van der Waals surface area contributed by atoms with Gasteiger partial charge in [-0.15, -0.1) is 11.3 Å². The number of hydrogen-bond acceptors (Lipinski definition) is 6. The van der Waals surface area contributed by atoms with Gasteiger partial charge in [-0.05, 0) is 18.6 Å². The summed E-state index contributed by atoms with van der Waals surface area (Å²) in [6.07, 6.45) is 5.40. The van der Waals surface area contributed by atoms with Crippen LogP contribution in [0.2, 0.25) is 0 Å². The molecule has 0 spiro atoms. The lowest BCUT2D eigenvalue weighted by Crippen LogP contribution is -2.28. The molecular weight excluding hydrogens is 322 g/mol. The second-order valence-electron chi connectivity index (χ2n) is 4.86. The van der Waals surface area contributed by atoms with Gasteiger partial charge in [0.1, 0.15) is 14.8 Å². The molecule has 0 radical (unpaired) electrons. The third kappa shape index (κ3) is 5.53. The Hall–Kier alpha value is -1.80. The van der Waals surface area contributed by atoms with Crippen molar-refractivity contribution in [3.8, 4) is 10.6 Å². The SMILES string of the molecule is CS(=O)(=O)CCNC(=O)CCc1csc(-c2ccncc2)n1. The van der Waals surface area contributed by atoms with E-state index in [1.54, 1.807) is 12.4 Å². The van der Waals surface area contributed by atoms with Crippen molar-refractivity contribution in [1.82, 2.24) is 15.3 Å². The maximum atomic E-state index is 11.6. The average Bonchev–Trinajstić information content (AvgIpc) is 2.94. The number of thiazole rings is 1. The first-order valence-corrected chi connectivity index (χ1v) is 9.67. The largest absolute Gasteiger partial charge is 0.355 e. The van der Waals surface area contributed by atoms with Crippen molar-refractivity contribution in [2.45, 2.75) is 12.8 Å². The fourth-order valence-electron chi connectivity index (χ4n) is 1.75. The number of amides is 1. The van der Waals surface area contributed by atoms with E-state index in [1.165, 1.54) is 11.3 Å². The van der Waals surface area contributed by atoms with Crippen molar-refractivity contribution in [3.63, 3.8) is 0 Å². The Morgan fingerprint density at radius 2 is 2.05 bits per heavy atom. The van der Waals surface area contributed by atoms with Crippen molar-refractivity contribution in [2.75, 3.05) is 18.6 Å². The minimum absolute atomic E-state index is 0.0400. The fraction of sp³-hybridized carbons (Fsp3) is 0.357. The molecule has 0 bridgehead atoms. The summed E-state index contributed by atoms with van der Waals surface area (Å²) >= 11 is 1.53. The zero-order chi connectivity index (χ0) is 16.0. The summed E-state index contributed by atoms with van der Waals surface area (Å²) in [4.78, 5) is 20.1. The lowest BCUT2D eigenvalue weighted by Gasteiger charge is -2.03. The van der Waals surface area contributed by atoms with Gasteiger partial charge in [-0.2, -0.15) is 0 Å². The average molecular weight is 339 g/mol. The molecule has 1 amide bonds. The van der Waals surface area contributed by atoms with Gasteiger partial charge in [0.25, 0.3) is 0 Å². The molecule has 0 aliphatic heterocycles. The van der Waals surface area contributed by atoms with E-state index in [-0.39, 0.29) is 18.2 Å². The lowest BCUT2D eigenvalue weighted by molar-refractivity contribution is -0.120. The molecule has 2 aromatic heterocycles. The number of nitrogens with one attached hydrogen (secondary N) is 1. The molecule has 0 saturated carbocycles. The number of aromatic nitrogens is 2. The summed E-state index contributed by atoms with van der Waals surface area (Å²) in [6.45, 7) is 0.150. The summed E-state index contributed by atoms with van der Waals surface area (Å²) < 4.78 is 21.9. The summed E-state index contributed by atoms with van der Waals surface area (Å²) in [5, 5.41) is 5.43. The molecular formula is C14H17N3O3S2. The first-order chi connectivity index (χ1) is 10.4. The summed E-state index contributed by atoms with van der Waals surface area (Å²) in [5.41, 5.74) is 1.86. The second kappa shape index (κ2) is 7.46. The van der Waals surface area contributed by atoms with Crippen LogP contribution in [0.1, 0.15) is 12.1 Å². The highest BCUT2D eigenvalue weighted by Gasteiger charge is 2.08. The molecule has 118 valence electrons. The van der Waals surface area contributed by atoms with Gasteiger partial charge >= 0.3 is 0 Å². The molecule has 0 saturated heterocycles. The Labute approximate surface area is 133 Å². The molecule has 0 aliphatic rings. The van der Waals surface area contributed by atoms with Crippen LogP contribution < -0.4 is 5.32 Å². The number of sulfone groups is 1. The molecule has 2 aromatic rings. The summed E-state index contributed by atoms with van der Waals surface area (Å²) in [5.74, 6) is -0.205. The third-order valence-corrected chi connectivity index (χ3v) is 4.77. The number of carbonyl (C=O) groups excluding carboxylic acids is 1. The number of aryl methyl sites for hydroxylation is 1. The third-order valence-electron chi connectivity index (χ3n) is 2.88. The van der Waals surface area contributed by atoms with Crippen LogP contribution in [0.3, 0.4) is 0 Å². The van der Waals surface area contributed by atoms with Crippen LogP contribution in [0.5, 0.6) is 0 Å². The van der Waals surface area contributed by atoms with E-state index < -0.39 is 9.84 Å². The van der Waals surface area contributed by atoms with Crippen LogP contribution in [0, 0.1) is 0 Å². The maximum absolute atomic E-state index is 11.6. The summed E-state index contributed by atoms with van der Waals surface area (Å²) in [7, 11) is -3.04. The normalized spacial score (nSPS) is 11.3. The molecule has 1 N–H and O–H groups in total. The zero-order valence-corrected chi connectivity index (χ0v) is 13.8. The van der Waals surface area contributed by atoms with Crippen LogP contribution >= 0.6 is 11.3 Å². The maximum Gasteiger partial charge on any atom is 0.220 e.